The summed E-state index contributed by atoms with van der Waals surface area (Å²) in [4.78, 5) is 13.2. The summed E-state index contributed by atoms with van der Waals surface area (Å²) in [7, 11) is 1.77. The highest BCUT2D eigenvalue weighted by Gasteiger charge is 2.09. The zero-order valence-corrected chi connectivity index (χ0v) is 10.5. The zero-order chi connectivity index (χ0) is 11.3. The molecule has 0 fully saturated rings. The van der Waals surface area contributed by atoms with Gasteiger partial charge in [0.15, 0.2) is 4.67 Å². The Morgan fingerprint density at radius 1 is 1.60 bits per heavy atom. The Kier molecular flexibility index (Phi) is 4.68. The van der Waals surface area contributed by atoms with Crippen molar-refractivity contribution < 1.29 is 9.21 Å². The molecule has 0 aliphatic heterocycles. The number of carbonyl (C=O) groups is 1. The van der Waals surface area contributed by atoms with Crippen molar-refractivity contribution in [2.75, 3.05) is 18.9 Å². The average Bonchev–Trinajstić information content (AvgIpc) is 2.60. The molecule has 1 heterocycles. The van der Waals surface area contributed by atoms with Crippen LogP contribution in [-0.2, 0) is 0 Å². The number of anilines is 1. The minimum Gasteiger partial charge on any atom is -0.434 e. The van der Waals surface area contributed by atoms with E-state index in [9.17, 15) is 4.79 Å². The number of hydrogen-bond acceptors (Lipinski definition) is 2. The van der Waals surface area contributed by atoms with E-state index in [0.29, 0.717) is 10.6 Å². The van der Waals surface area contributed by atoms with Crippen LogP contribution in [0.3, 0.4) is 0 Å². The fraction of sp³-hybridized carbons (Fsp3) is 0.500. The molecule has 0 radical (unpaired) electrons. The molecule has 4 nitrogen and oxygen atoms in total. The first-order valence-electron chi connectivity index (χ1n) is 4.91. The molecule has 0 aromatic carbocycles. The molecule has 1 rings (SSSR count). The molecule has 15 heavy (non-hydrogen) atoms. The van der Waals surface area contributed by atoms with Crippen LogP contribution in [0.1, 0.15) is 19.8 Å². The SMILES string of the molecule is CCCCN(C)C(=O)Nc1ccc(Br)o1. The third-order valence-corrected chi connectivity index (χ3v) is 2.42. The van der Waals surface area contributed by atoms with Crippen LogP contribution >= 0.6 is 15.9 Å². The van der Waals surface area contributed by atoms with Gasteiger partial charge in [-0.05, 0) is 28.4 Å². The molecule has 1 aromatic rings. The van der Waals surface area contributed by atoms with Crippen LogP contribution < -0.4 is 5.32 Å². The van der Waals surface area contributed by atoms with E-state index in [-0.39, 0.29) is 6.03 Å². The lowest BCUT2D eigenvalue weighted by Crippen LogP contribution is -2.31. The van der Waals surface area contributed by atoms with Gasteiger partial charge in [0.25, 0.3) is 0 Å². The van der Waals surface area contributed by atoms with Crippen LogP contribution in [0, 0.1) is 0 Å². The molecule has 0 saturated heterocycles. The molecule has 0 saturated carbocycles. The van der Waals surface area contributed by atoms with E-state index in [1.807, 2.05) is 0 Å². The predicted octanol–water partition coefficient (Wildman–Crippen LogP) is 3.31. The van der Waals surface area contributed by atoms with Gasteiger partial charge in [-0.3, -0.25) is 5.32 Å². The summed E-state index contributed by atoms with van der Waals surface area (Å²) in [6.07, 6.45) is 2.08. The van der Waals surface area contributed by atoms with Crippen molar-refractivity contribution in [2.24, 2.45) is 0 Å². The fourth-order valence-electron chi connectivity index (χ4n) is 1.08. The Balaban J connectivity index is 2.41. The summed E-state index contributed by atoms with van der Waals surface area (Å²) in [5, 5.41) is 2.66. The van der Waals surface area contributed by atoms with Gasteiger partial charge in [-0.25, -0.2) is 4.79 Å². The first-order chi connectivity index (χ1) is 7.13. The van der Waals surface area contributed by atoms with E-state index in [1.165, 1.54) is 0 Å². The van der Waals surface area contributed by atoms with Crippen LogP contribution in [0.4, 0.5) is 10.7 Å². The van der Waals surface area contributed by atoms with Gasteiger partial charge in [-0.1, -0.05) is 13.3 Å². The quantitative estimate of drug-likeness (QED) is 0.916. The fourth-order valence-corrected chi connectivity index (χ4v) is 1.39. The summed E-state index contributed by atoms with van der Waals surface area (Å²) < 4.78 is 5.77. The lowest BCUT2D eigenvalue weighted by Gasteiger charge is -2.16. The third-order valence-electron chi connectivity index (χ3n) is 2.00. The maximum Gasteiger partial charge on any atom is 0.323 e. The second-order valence-electron chi connectivity index (χ2n) is 3.31. The van der Waals surface area contributed by atoms with Gasteiger partial charge >= 0.3 is 6.03 Å². The van der Waals surface area contributed by atoms with Crippen molar-refractivity contribution in [3.05, 3.63) is 16.8 Å². The monoisotopic (exact) mass is 274 g/mol. The summed E-state index contributed by atoms with van der Waals surface area (Å²) >= 11 is 3.17. The Labute approximate surface area is 97.8 Å². The van der Waals surface area contributed by atoms with Crippen molar-refractivity contribution in [1.82, 2.24) is 4.90 Å². The van der Waals surface area contributed by atoms with Gasteiger partial charge in [0.2, 0.25) is 5.88 Å². The Bertz CT molecular complexity index is 325. The van der Waals surface area contributed by atoms with Gasteiger partial charge in [-0.2, -0.15) is 0 Å². The van der Waals surface area contributed by atoms with Crippen molar-refractivity contribution in [1.29, 1.82) is 0 Å². The van der Waals surface area contributed by atoms with Gasteiger partial charge in [-0.15, -0.1) is 0 Å². The van der Waals surface area contributed by atoms with Crippen LogP contribution in [0.5, 0.6) is 0 Å². The first-order valence-corrected chi connectivity index (χ1v) is 5.70. The highest BCUT2D eigenvalue weighted by Crippen LogP contribution is 2.18. The average molecular weight is 275 g/mol. The van der Waals surface area contributed by atoms with E-state index < -0.39 is 0 Å². The van der Waals surface area contributed by atoms with Crippen LogP contribution in [0.2, 0.25) is 0 Å². The van der Waals surface area contributed by atoms with Crippen molar-refractivity contribution >= 4 is 27.8 Å². The number of hydrogen-bond donors (Lipinski definition) is 1. The molecule has 5 heteroatoms. The Morgan fingerprint density at radius 2 is 2.33 bits per heavy atom. The van der Waals surface area contributed by atoms with E-state index in [1.54, 1.807) is 24.1 Å². The number of furan rings is 1. The number of nitrogens with one attached hydrogen (secondary N) is 1. The minimum absolute atomic E-state index is 0.148. The van der Waals surface area contributed by atoms with Crippen molar-refractivity contribution in [2.45, 2.75) is 19.8 Å². The molecule has 0 atom stereocenters. The number of urea groups is 1. The van der Waals surface area contributed by atoms with Crippen LogP contribution in [0.25, 0.3) is 0 Å². The van der Waals surface area contributed by atoms with Gasteiger partial charge in [0, 0.05) is 19.7 Å². The number of unbranched alkanes of at least 4 members (excludes halogenated alkanes) is 1. The Hall–Kier alpha value is -0.970. The van der Waals surface area contributed by atoms with Gasteiger partial charge in [0.05, 0.1) is 0 Å². The molecule has 2 amide bonds. The predicted molar refractivity (Wildman–Crippen MR) is 63.0 cm³/mol. The van der Waals surface area contributed by atoms with E-state index >= 15 is 0 Å². The zero-order valence-electron chi connectivity index (χ0n) is 8.92. The second-order valence-corrected chi connectivity index (χ2v) is 4.09. The highest BCUT2D eigenvalue weighted by molar-refractivity contribution is 9.10. The standard InChI is InChI=1S/C10H15BrN2O2/c1-3-4-7-13(2)10(14)12-9-6-5-8(11)15-9/h5-6H,3-4,7H2,1-2H3,(H,12,14). The molecule has 1 aromatic heterocycles. The van der Waals surface area contributed by atoms with E-state index in [4.69, 9.17) is 4.42 Å². The second kappa shape index (κ2) is 5.80. The highest BCUT2D eigenvalue weighted by atomic mass is 79.9. The topological polar surface area (TPSA) is 45.5 Å². The Morgan fingerprint density at radius 3 is 2.87 bits per heavy atom. The smallest absolute Gasteiger partial charge is 0.323 e. The third kappa shape index (κ3) is 3.95. The normalized spacial score (nSPS) is 10.1. The summed E-state index contributed by atoms with van der Waals surface area (Å²) in [6, 6.07) is 3.29. The molecule has 0 unspecified atom stereocenters. The molecule has 0 spiro atoms. The van der Waals surface area contributed by atoms with E-state index in [0.717, 1.165) is 19.4 Å². The summed E-state index contributed by atoms with van der Waals surface area (Å²) in [5.41, 5.74) is 0. The maximum atomic E-state index is 11.6. The first kappa shape index (κ1) is 12.1. The van der Waals surface area contributed by atoms with Crippen molar-refractivity contribution in [3.63, 3.8) is 0 Å². The largest absolute Gasteiger partial charge is 0.434 e. The molecule has 0 aliphatic rings. The lowest BCUT2D eigenvalue weighted by molar-refractivity contribution is 0.221. The lowest BCUT2D eigenvalue weighted by atomic mass is 10.3. The number of rotatable bonds is 4. The molecule has 0 bridgehead atoms. The molecule has 1 N–H and O–H groups in total. The van der Waals surface area contributed by atoms with Crippen LogP contribution in [-0.4, -0.2) is 24.5 Å². The molecule has 84 valence electrons. The number of nitrogens with zero attached hydrogens (tertiary/aromatic N) is 1. The summed E-state index contributed by atoms with van der Waals surface area (Å²) in [5.74, 6) is 0.454. The van der Waals surface area contributed by atoms with E-state index in [2.05, 4.69) is 28.2 Å². The maximum absolute atomic E-state index is 11.6. The minimum atomic E-state index is -0.148. The molecular formula is C10H15BrN2O2. The summed E-state index contributed by atoms with van der Waals surface area (Å²) in [6.45, 7) is 2.85. The van der Waals surface area contributed by atoms with Gasteiger partial charge < -0.3 is 9.32 Å². The molecular weight excluding hydrogens is 260 g/mol. The number of carbonyl (C=O) groups excluding carboxylic acids is 1. The number of halogens is 1. The van der Waals surface area contributed by atoms with Gasteiger partial charge in [0.1, 0.15) is 0 Å². The van der Waals surface area contributed by atoms with Crippen molar-refractivity contribution in [3.8, 4) is 0 Å². The van der Waals surface area contributed by atoms with Crippen LogP contribution in [0.15, 0.2) is 21.2 Å². The number of amides is 2. The molecule has 0 aliphatic carbocycles.